The molecule has 0 saturated carbocycles. The first kappa shape index (κ1) is 13.5. The zero-order valence-corrected chi connectivity index (χ0v) is 10.9. The predicted octanol–water partition coefficient (Wildman–Crippen LogP) is 3.35. The van der Waals surface area contributed by atoms with E-state index in [9.17, 15) is 4.79 Å². The number of nitrogens with zero attached hydrogens (tertiary/aromatic N) is 1. The Labute approximate surface area is 104 Å². The molecule has 0 unspecified atom stereocenters. The molecule has 0 fully saturated rings. The first-order valence-electron chi connectivity index (χ1n) is 6.17. The van der Waals surface area contributed by atoms with Gasteiger partial charge in [-0.25, -0.2) is 0 Å². The Morgan fingerprint density at radius 2 is 1.76 bits per heavy atom. The highest BCUT2D eigenvalue weighted by atomic mass is 16.2. The molecule has 1 amide bonds. The summed E-state index contributed by atoms with van der Waals surface area (Å²) < 4.78 is 0. The van der Waals surface area contributed by atoms with Gasteiger partial charge in [-0.1, -0.05) is 42.0 Å². The molecular weight excluding hydrogens is 210 g/mol. The SMILES string of the molecule is CCN(CC)C(=O)C/C(C)=C/c1ccccc1. The summed E-state index contributed by atoms with van der Waals surface area (Å²) in [6.07, 6.45) is 2.58. The number of hydrogen-bond donors (Lipinski definition) is 0. The van der Waals surface area contributed by atoms with Gasteiger partial charge >= 0.3 is 0 Å². The second-order valence-corrected chi connectivity index (χ2v) is 4.14. The normalized spacial score (nSPS) is 11.4. The topological polar surface area (TPSA) is 20.3 Å². The van der Waals surface area contributed by atoms with E-state index in [1.165, 1.54) is 0 Å². The number of carbonyl (C=O) groups is 1. The Balaban J connectivity index is 2.63. The van der Waals surface area contributed by atoms with Crippen LogP contribution in [0.1, 0.15) is 32.8 Å². The van der Waals surface area contributed by atoms with Gasteiger partial charge in [0.15, 0.2) is 0 Å². The van der Waals surface area contributed by atoms with Crippen molar-refractivity contribution in [2.45, 2.75) is 27.2 Å². The van der Waals surface area contributed by atoms with Gasteiger partial charge in [-0.05, 0) is 26.3 Å². The van der Waals surface area contributed by atoms with Crippen LogP contribution in [0.15, 0.2) is 35.9 Å². The Morgan fingerprint density at radius 1 is 1.18 bits per heavy atom. The van der Waals surface area contributed by atoms with Crippen molar-refractivity contribution >= 4 is 12.0 Å². The van der Waals surface area contributed by atoms with E-state index in [-0.39, 0.29) is 5.91 Å². The van der Waals surface area contributed by atoms with Crippen molar-refractivity contribution in [2.75, 3.05) is 13.1 Å². The summed E-state index contributed by atoms with van der Waals surface area (Å²) in [6, 6.07) is 10.1. The quantitative estimate of drug-likeness (QED) is 0.761. The van der Waals surface area contributed by atoms with Crippen LogP contribution in [0.4, 0.5) is 0 Å². The summed E-state index contributed by atoms with van der Waals surface area (Å²) >= 11 is 0. The zero-order chi connectivity index (χ0) is 12.7. The first-order chi connectivity index (χ1) is 8.17. The average Bonchev–Trinajstić information content (AvgIpc) is 2.31. The molecule has 2 nitrogen and oxygen atoms in total. The fraction of sp³-hybridized carbons (Fsp3) is 0.400. The van der Waals surface area contributed by atoms with Gasteiger partial charge in [0.2, 0.25) is 5.91 Å². The van der Waals surface area contributed by atoms with Crippen LogP contribution in [0.3, 0.4) is 0 Å². The van der Waals surface area contributed by atoms with Gasteiger partial charge in [0.1, 0.15) is 0 Å². The Bertz CT molecular complexity index is 377. The number of hydrogen-bond acceptors (Lipinski definition) is 1. The summed E-state index contributed by atoms with van der Waals surface area (Å²) in [5.41, 5.74) is 2.26. The second kappa shape index (κ2) is 6.89. The van der Waals surface area contributed by atoms with E-state index in [4.69, 9.17) is 0 Å². The number of rotatable bonds is 5. The van der Waals surface area contributed by atoms with Crippen LogP contribution in [0.25, 0.3) is 6.08 Å². The van der Waals surface area contributed by atoms with E-state index in [0.717, 1.165) is 24.2 Å². The molecule has 0 aromatic heterocycles. The summed E-state index contributed by atoms with van der Waals surface area (Å²) in [5, 5.41) is 0. The van der Waals surface area contributed by atoms with Gasteiger partial charge in [-0.15, -0.1) is 0 Å². The minimum absolute atomic E-state index is 0.208. The highest BCUT2D eigenvalue weighted by molar-refractivity contribution is 5.80. The molecule has 0 heterocycles. The van der Waals surface area contributed by atoms with Gasteiger partial charge in [0.25, 0.3) is 0 Å². The molecule has 17 heavy (non-hydrogen) atoms. The van der Waals surface area contributed by atoms with Crippen molar-refractivity contribution in [3.63, 3.8) is 0 Å². The van der Waals surface area contributed by atoms with Crippen LogP contribution in [0, 0.1) is 0 Å². The standard InChI is InChI=1S/C15H21NO/c1-4-16(5-2)15(17)12-13(3)11-14-9-7-6-8-10-14/h6-11H,4-5,12H2,1-3H3/b13-11+. The molecule has 0 saturated heterocycles. The Morgan fingerprint density at radius 3 is 2.29 bits per heavy atom. The minimum Gasteiger partial charge on any atom is -0.343 e. The molecule has 0 spiro atoms. The van der Waals surface area contributed by atoms with Gasteiger partial charge in [0.05, 0.1) is 0 Å². The molecule has 0 bridgehead atoms. The lowest BCUT2D eigenvalue weighted by molar-refractivity contribution is -0.130. The van der Waals surface area contributed by atoms with Gasteiger partial charge in [-0.2, -0.15) is 0 Å². The predicted molar refractivity (Wildman–Crippen MR) is 72.6 cm³/mol. The Kier molecular flexibility index (Phi) is 5.47. The number of amides is 1. The second-order valence-electron chi connectivity index (χ2n) is 4.14. The van der Waals surface area contributed by atoms with Crippen molar-refractivity contribution in [1.82, 2.24) is 4.90 Å². The van der Waals surface area contributed by atoms with Crippen LogP contribution < -0.4 is 0 Å². The van der Waals surface area contributed by atoms with Crippen LogP contribution in [-0.2, 0) is 4.79 Å². The highest BCUT2D eigenvalue weighted by Gasteiger charge is 2.09. The molecule has 1 rings (SSSR count). The fourth-order valence-corrected chi connectivity index (χ4v) is 1.81. The number of carbonyl (C=O) groups excluding carboxylic acids is 1. The molecule has 0 radical (unpaired) electrons. The molecule has 0 aliphatic heterocycles. The molecule has 0 aliphatic carbocycles. The molecule has 0 atom stereocenters. The maximum Gasteiger partial charge on any atom is 0.226 e. The molecule has 1 aromatic carbocycles. The molecule has 2 heteroatoms. The van der Waals surface area contributed by atoms with Crippen LogP contribution in [0.5, 0.6) is 0 Å². The van der Waals surface area contributed by atoms with Crippen molar-refractivity contribution in [2.24, 2.45) is 0 Å². The van der Waals surface area contributed by atoms with E-state index in [1.54, 1.807) is 0 Å². The van der Waals surface area contributed by atoms with Crippen molar-refractivity contribution in [3.05, 3.63) is 41.5 Å². The third-order valence-corrected chi connectivity index (χ3v) is 2.76. The van der Waals surface area contributed by atoms with Crippen LogP contribution in [0.2, 0.25) is 0 Å². The third kappa shape index (κ3) is 4.43. The Hall–Kier alpha value is -1.57. The van der Waals surface area contributed by atoms with Gasteiger partial charge in [0, 0.05) is 19.5 Å². The maximum absolute atomic E-state index is 11.9. The summed E-state index contributed by atoms with van der Waals surface area (Å²) in [5.74, 6) is 0.208. The maximum atomic E-state index is 11.9. The first-order valence-corrected chi connectivity index (χ1v) is 6.17. The van der Waals surface area contributed by atoms with Gasteiger partial charge < -0.3 is 4.90 Å². The van der Waals surface area contributed by atoms with Crippen molar-refractivity contribution < 1.29 is 4.79 Å². The summed E-state index contributed by atoms with van der Waals surface area (Å²) in [4.78, 5) is 13.8. The lowest BCUT2D eigenvalue weighted by Crippen LogP contribution is -2.30. The summed E-state index contributed by atoms with van der Waals surface area (Å²) in [6.45, 7) is 7.60. The summed E-state index contributed by atoms with van der Waals surface area (Å²) in [7, 11) is 0. The number of benzene rings is 1. The minimum atomic E-state index is 0.208. The highest BCUT2D eigenvalue weighted by Crippen LogP contribution is 2.10. The lowest BCUT2D eigenvalue weighted by atomic mass is 10.1. The average molecular weight is 231 g/mol. The molecular formula is C15H21NO. The van der Waals surface area contributed by atoms with Crippen molar-refractivity contribution in [1.29, 1.82) is 0 Å². The zero-order valence-electron chi connectivity index (χ0n) is 10.9. The fourth-order valence-electron chi connectivity index (χ4n) is 1.81. The third-order valence-electron chi connectivity index (χ3n) is 2.76. The van der Waals surface area contributed by atoms with E-state index in [2.05, 4.69) is 6.08 Å². The monoisotopic (exact) mass is 231 g/mol. The lowest BCUT2D eigenvalue weighted by Gasteiger charge is -2.18. The molecule has 0 aliphatic rings. The van der Waals surface area contributed by atoms with Crippen LogP contribution >= 0.6 is 0 Å². The van der Waals surface area contributed by atoms with Crippen molar-refractivity contribution in [3.8, 4) is 0 Å². The molecule has 92 valence electrons. The van der Waals surface area contributed by atoms with E-state index >= 15 is 0 Å². The van der Waals surface area contributed by atoms with E-state index in [0.29, 0.717) is 6.42 Å². The van der Waals surface area contributed by atoms with Crippen LogP contribution in [-0.4, -0.2) is 23.9 Å². The molecule has 0 N–H and O–H groups in total. The van der Waals surface area contributed by atoms with Gasteiger partial charge in [-0.3, -0.25) is 4.79 Å². The molecule has 1 aromatic rings. The largest absolute Gasteiger partial charge is 0.343 e. The van der Waals surface area contributed by atoms with E-state index in [1.807, 2.05) is 56.0 Å². The van der Waals surface area contributed by atoms with E-state index < -0.39 is 0 Å². The smallest absolute Gasteiger partial charge is 0.226 e.